The maximum atomic E-state index is 13.0. The molecule has 2 aliphatic rings. The monoisotopic (exact) mass is 414 g/mol. The first-order valence-corrected chi connectivity index (χ1v) is 10.5. The van der Waals surface area contributed by atoms with Crippen molar-refractivity contribution in [1.82, 2.24) is 9.80 Å². The summed E-state index contributed by atoms with van der Waals surface area (Å²) in [6.07, 6.45) is 0.819. The van der Waals surface area contributed by atoms with Gasteiger partial charge < -0.3 is 14.7 Å². The number of fused-ring (bicyclic) bond motifs is 1. The van der Waals surface area contributed by atoms with Crippen molar-refractivity contribution in [2.75, 3.05) is 37.6 Å². The van der Waals surface area contributed by atoms with Crippen LogP contribution in [0.5, 0.6) is 0 Å². The van der Waals surface area contributed by atoms with Crippen LogP contribution in [0.3, 0.4) is 0 Å². The van der Waals surface area contributed by atoms with Gasteiger partial charge in [0.25, 0.3) is 11.6 Å². The second-order valence-corrected chi connectivity index (χ2v) is 8.30. The number of hydrogen-bond acceptors (Lipinski definition) is 6. The van der Waals surface area contributed by atoms with E-state index in [1.807, 2.05) is 16.3 Å². The van der Waals surface area contributed by atoms with Gasteiger partial charge in [-0.05, 0) is 35.6 Å². The highest BCUT2D eigenvalue weighted by atomic mass is 32.1. The average Bonchev–Trinajstić information content (AvgIpc) is 3.20. The van der Waals surface area contributed by atoms with Crippen LogP contribution in [0.1, 0.15) is 27.7 Å². The first kappa shape index (κ1) is 19.4. The second kappa shape index (κ2) is 7.82. The highest BCUT2D eigenvalue weighted by Gasteiger charge is 2.28. The van der Waals surface area contributed by atoms with Crippen molar-refractivity contribution < 1.29 is 14.5 Å². The van der Waals surface area contributed by atoms with Crippen LogP contribution in [0.2, 0.25) is 0 Å². The summed E-state index contributed by atoms with van der Waals surface area (Å²) in [6, 6.07) is 6.75. The third-order valence-corrected chi connectivity index (χ3v) is 6.60. The zero-order valence-electron chi connectivity index (χ0n) is 16.2. The number of anilines is 1. The van der Waals surface area contributed by atoms with Crippen LogP contribution in [0.4, 0.5) is 11.4 Å². The summed E-state index contributed by atoms with van der Waals surface area (Å²) in [5.41, 5.74) is 1.92. The van der Waals surface area contributed by atoms with E-state index in [1.54, 1.807) is 33.3 Å². The maximum Gasteiger partial charge on any atom is 0.293 e. The van der Waals surface area contributed by atoms with E-state index in [1.165, 1.54) is 17.9 Å². The van der Waals surface area contributed by atoms with Gasteiger partial charge in [-0.3, -0.25) is 19.7 Å². The van der Waals surface area contributed by atoms with Crippen molar-refractivity contribution >= 4 is 34.5 Å². The van der Waals surface area contributed by atoms with E-state index in [-0.39, 0.29) is 17.5 Å². The number of nitrogens with zero attached hydrogens (tertiary/aromatic N) is 4. The molecule has 152 valence electrons. The van der Waals surface area contributed by atoms with E-state index in [0.717, 1.165) is 12.0 Å². The van der Waals surface area contributed by atoms with E-state index < -0.39 is 4.92 Å². The number of carbonyl (C=O) groups is 2. The first-order valence-electron chi connectivity index (χ1n) is 9.57. The predicted octanol–water partition coefficient (Wildman–Crippen LogP) is 2.52. The lowest BCUT2D eigenvalue weighted by atomic mass is 10.1. The number of rotatable bonds is 3. The summed E-state index contributed by atoms with van der Waals surface area (Å²) < 4.78 is 0. The van der Waals surface area contributed by atoms with Gasteiger partial charge in [-0.2, -0.15) is 0 Å². The van der Waals surface area contributed by atoms with Gasteiger partial charge >= 0.3 is 0 Å². The first-order chi connectivity index (χ1) is 13.9. The minimum absolute atomic E-state index is 0.00963. The lowest BCUT2D eigenvalue weighted by molar-refractivity contribution is -0.384. The second-order valence-electron chi connectivity index (χ2n) is 7.30. The van der Waals surface area contributed by atoms with Crippen molar-refractivity contribution in [3.63, 3.8) is 0 Å². The van der Waals surface area contributed by atoms with Gasteiger partial charge in [0.1, 0.15) is 5.69 Å². The van der Waals surface area contributed by atoms with E-state index >= 15 is 0 Å². The number of thiophene rings is 1. The van der Waals surface area contributed by atoms with Crippen molar-refractivity contribution in [3.8, 4) is 0 Å². The molecule has 0 spiro atoms. The SMILES string of the molecule is CC(=O)N1CCN(c2ccc(C(=O)N3CCc4sccc4C3)cc2[N+](=O)[O-])CC1. The normalized spacial score (nSPS) is 16.5. The number of carbonyl (C=O) groups excluding carboxylic acids is 2. The van der Waals surface area contributed by atoms with Crippen molar-refractivity contribution in [3.05, 3.63) is 55.8 Å². The summed E-state index contributed by atoms with van der Waals surface area (Å²) in [5.74, 6) is -0.173. The summed E-state index contributed by atoms with van der Waals surface area (Å²) >= 11 is 1.70. The fraction of sp³-hybridized carbons (Fsp3) is 0.400. The molecule has 0 atom stereocenters. The Morgan fingerprint density at radius 2 is 1.83 bits per heavy atom. The molecule has 0 radical (unpaired) electrons. The lowest BCUT2D eigenvalue weighted by Gasteiger charge is -2.35. The van der Waals surface area contributed by atoms with Gasteiger partial charge in [0.15, 0.2) is 0 Å². The Bertz CT molecular complexity index is 965. The summed E-state index contributed by atoms with van der Waals surface area (Å²) in [7, 11) is 0. The van der Waals surface area contributed by atoms with Crippen LogP contribution in [0, 0.1) is 10.1 Å². The summed E-state index contributed by atoms with van der Waals surface area (Å²) in [5, 5.41) is 13.7. The third-order valence-electron chi connectivity index (χ3n) is 5.58. The molecule has 29 heavy (non-hydrogen) atoms. The molecule has 3 heterocycles. The zero-order valence-corrected chi connectivity index (χ0v) is 17.0. The fourth-order valence-corrected chi connectivity index (χ4v) is 4.83. The molecule has 1 aromatic heterocycles. The Balaban J connectivity index is 1.54. The highest BCUT2D eigenvalue weighted by Crippen LogP contribution is 2.31. The van der Waals surface area contributed by atoms with Crippen LogP contribution in [-0.2, 0) is 17.8 Å². The number of nitro benzene ring substituents is 1. The van der Waals surface area contributed by atoms with Crippen molar-refractivity contribution in [1.29, 1.82) is 0 Å². The molecule has 2 aromatic rings. The van der Waals surface area contributed by atoms with Crippen LogP contribution in [-0.4, -0.2) is 59.3 Å². The molecular formula is C20H22N4O4S. The minimum Gasteiger partial charge on any atom is -0.362 e. The third kappa shape index (κ3) is 3.82. The molecule has 0 saturated carbocycles. The van der Waals surface area contributed by atoms with Gasteiger partial charge in [0.05, 0.1) is 4.92 Å². The van der Waals surface area contributed by atoms with E-state index in [9.17, 15) is 19.7 Å². The average molecular weight is 414 g/mol. The molecule has 2 aliphatic heterocycles. The van der Waals surface area contributed by atoms with Crippen LogP contribution in [0.25, 0.3) is 0 Å². The quantitative estimate of drug-likeness (QED) is 0.569. The molecule has 8 nitrogen and oxygen atoms in total. The molecule has 4 rings (SSSR count). The molecule has 1 fully saturated rings. The molecule has 0 aliphatic carbocycles. The van der Waals surface area contributed by atoms with Gasteiger partial charge in [0.2, 0.25) is 5.91 Å². The Hall–Kier alpha value is -2.94. The van der Waals surface area contributed by atoms with Crippen LogP contribution >= 0.6 is 11.3 Å². The molecular weight excluding hydrogens is 392 g/mol. The molecule has 9 heteroatoms. The largest absolute Gasteiger partial charge is 0.362 e. The smallest absolute Gasteiger partial charge is 0.293 e. The number of hydrogen-bond donors (Lipinski definition) is 0. The Morgan fingerprint density at radius 1 is 1.07 bits per heavy atom. The summed E-state index contributed by atoms with van der Waals surface area (Å²) in [6.45, 7) is 4.81. The Labute approximate surface area is 172 Å². The highest BCUT2D eigenvalue weighted by molar-refractivity contribution is 7.10. The van der Waals surface area contributed by atoms with Gasteiger partial charge in [-0.1, -0.05) is 0 Å². The number of amides is 2. The molecule has 1 saturated heterocycles. The zero-order chi connectivity index (χ0) is 20.5. The predicted molar refractivity (Wildman–Crippen MR) is 110 cm³/mol. The summed E-state index contributed by atoms with van der Waals surface area (Å²) in [4.78, 5) is 42.4. The number of nitro groups is 1. The van der Waals surface area contributed by atoms with Crippen LogP contribution in [0.15, 0.2) is 29.6 Å². The molecule has 2 amide bonds. The minimum atomic E-state index is -0.434. The molecule has 0 N–H and O–H groups in total. The number of piperazine rings is 1. The van der Waals surface area contributed by atoms with Gasteiger partial charge in [-0.15, -0.1) is 11.3 Å². The van der Waals surface area contributed by atoms with E-state index in [0.29, 0.717) is 50.5 Å². The van der Waals surface area contributed by atoms with Crippen molar-refractivity contribution in [2.45, 2.75) is 19.9 Å². The standard InChI is InChI=1S/C20H22N4O4S/c1-14(25)21-7-9-22(10-8-21)17-3-2-15(12-18(17)24(27)28)20(26)23-6-4-19-16(13-23)5-11-29-19/h2-3,5,11-12H,4,6-10,13H2,1H3. The molecule has 1 aromatic carbocycles. The van der Waals surface area contributed by atoms with E-state index in [2.05, 4.69) is 0 Å². The van der Waals surface area contributed by atoms with Crippen LogP contribution < -0.4 is 4.90 Å². The molecule has 0 bridgehead atoms. The lowest BCUT2D eigenvalue weighted by Crippen LogP contribution is -2.48. The maximum absolute atomic E-state index is 13.0. The van der Waals surface area contributed by atoms with E-state index in [4.69, 9.17) is 0 Å². The topological polar surface area (TPSA) is 87.0 Å². The Morgan fingerprint density at radius 3 is 2.52 bits per heavy atom. The van der Waals surface area contributed by atoms with Crippen molar-refractivity contribution in [2.24, 2.45) is 0 Å². The number of benzene rings is 1. The fourth-order valence-electron chi connectivity index (χ4n) is 3.94. The van der Waals surface area contributed by atoms with Gasteiger partial charge in [-0.25, -0.2) is 0 Å². The molecule has 0 unspecified atom stereocenters. The Kier molecular flexibility index (Phi) is 5.23. The van der Waals surface area contributed by atoms with Gasteiger partial charge in [0, 0.05) is 62.7 Å².